The van der Waals surface area contributed by atoms with Gasteiger partial charge in [0, 0.05) is 31.0 Å². The summed E-state index contributed by atoms with van der Waals surface area (Å²) in [6.07, 6.45) is 2.37. The summed E-state index contributed by atoms with van der Waals surface area (Å²) >= 11 is 0. The van der Waals surface area contributed by atoms with E-state index in [2.05, 4.69) is 74.1 Å². The Morgan fingerprint density at radius 1 is 1.15 bits per heavy atom. The van der Waals surface area contributed by atoms with Crippen LogP contribution in [0.25, 0.3) is 0 Å². The van der Waals surface area contributed by atoms with Crippen LogP contribution in [0.1, 0.15) is 48.3 Å². The highest BCUT2D eigenvalue weighted by molar-refractivity contribution is 5.27. The maximum Gasteiger partial charge on any atom is 0.0323 e. The summed E-state index contributed by atoms with van der Waals surface area (Å²) in [5.74, 6) is 0. The summed E-state index contributed by atoms with van der Waals surface area (Å²) < 4.78 is 2.26. The van der Waals surface area contributed by atoms with Crippen LogP contribution >= 0.6 is 0 Å². The average Bonchev–Trinajstić information content (AvgIpc) is 2.72. The van der Waals surface area contributed by atoms with E-state index in [-0.39, 0.29) is 0 Å². The second kappa shape index (κ2) is 6.76. The number of aryl methyl sites for hydroxylation is 1. The first-order valence-electron chi connectivity index (χ1n) is 7.53. The van der Waals surface area contributed by atoms with Gasteiger partial charge in [0.15, 0.2) is 0 Å². The molecule has 0 saturated carbocycles. The van der Waals surface area contributed by atoms with E-state index < -0.39 is 0 Å². The van der Waals surface area contributed by atoms with E-state index in [1.807, 2.05) is 0 Å². The molecule has 0 saturated heterocycles. The van der Waals surface area contributed by atoms with Gasteiger partial charge >= 0.3 is 0 Å². The molecule has 0 aliphatic rings. The van der Waals surface area contributed by atoms with Crippen molar-refractivity contribution in [3.8, 4) is 0 Å². The molecule has 2 heteroatoms. The summed E-state index contributed by atoms with van der Waals surface area (Å²) in [6.45, 7) is 7.54. The molecule has 0 aliphatic carbocycles. The third kappa shape index (κ3) is 3.31. The molecule has 0 spiro atoms. The van der Waals surface area contributed by atoms with Crippen molar-refractivity contribution in [1.29, 1.82) is 0 Å². The predicted molar refractivity (Wildman–Crippen MR) is 85.8 cm³/mol. The Labute approximate surface area is 122 Å². The molecule has 0 amide bonds. The highest BCUT2D eigenvalue weighted by Crippen LogP contribution is 2.20. The lowest BCUT2D eigenvalue weighted by Gasteiger charge is -2.18. The number of hydrogen-bond acceptors (Lipinski definition) is 1. The van der Waals surface area contributed by atoms with Gasteiger partial charge in [-0.1, -0.05) is 43.7 Å². The normalized spacial score (nSPS) is 12.6. The SMILES string of the molecule is CCCC(NCc1cc(C)n(C)c1C)c1ccccc1. The largest absolute Gasteiger partial charge is 0.352 e. The smallest absolute Gasteiger partial charge is 0.0323 e. The highest BCUT2D eigenvalue weighted by atomic mass is 15.0. The van der Waals surface area contributed by atoms with Crippen LogP contribution in [0.2, 0.25) is 0 Å². The third-order valence-electron chi connectivity index (χ3n) is 4.20. The van der Waals surface area contributed by atoms with Crippen LogP contribution < -0.4 is 5.32 Å². The minimum atomic E-state index is 0.445. The topological polar surface area (TPSA) is 17.0 Å². The van der Waals surface area contributed by atoms with Gasteiger partial charge in [0.1, 0.15) is 0 Å². The minimum Gasteiger partial charge on any atom is -0.352 e. The highest BCUT2D eigenvalue weighted by Gasteiger charge is 2.11. The molecule has 1 aromatic heterocycles. The molecule has 20 heavy (non-hydrogen) atoms. The van der Waals surface area contributed by atoms with E-state index in [1.165, 1.54) is 35.4 Å². The van der Waals surface area contributed by atoms with E-state index in [9.17, 15) is 0 Å². The lowest BCUT2D eigenvalue weighted by molar-refractivity contribution is 0.492. The molecule has 2 rings (SSSR count). The maximum atomic E-state index is 3.72. The van der Waals surface area contributed by atoms with E-state index in [1.54, 1.807) is 0 Å². The standard InChI is InChI=1S/C18H26N2/c1-5-9-18(16-10-7-6-8-11-16)19-13-17-12-14(2)20(4)15(17)3/h6-8,10-12,18-19H,5,9,13H2,1-4H3. The second-order valence-corrected chi connectivity index (χ2v) is 5.59. The summed E-state index contributed by atoms with van der Waals surface area (Å²) in [5, 5.41) is 3.72. The first-order valence-corrected chi connectivity index (χ1v) is 7.53. The number of nitrogens with zero attached hydrogens (tertiary/aromatic N) is 1. The summed E-state index contributed by atoms with van der Waals surface area (Å²) in [5.41, 5.74) is 5.48. The lowest BCUT2D eigenvalue weighted by atomic mass is 10.0. The number of rotatable bonds is 6. The van der Waals surface area contributed by atoms with Crippen LogP contribution in [-0.2, 0) is 13.6 Å². The van der Waals surface area contributed by atoms with E-state index >= 15 is 0 Å². The van der Waals surface area contributed by atoms with Crippen molar-refractivity contribution < 1.29 is 0 Å². The lowest BCUT2D eigenvalue weighted by Crippen LogP contribution is -2.21. The third-order valence-corrected chi connectivity index (χ3v) is 4.20. The maximum absolute atomic E-state index is 3.72. The van der Waals surface area contributed by atoms with Crippen LogP contribution in [0, 0.1) is 13.8 Å². The van der Waals surface area contributed by atoms with Gasteiger partial charge in [-0.15, -0.1) is 0 Å². The van der Waals surface area contributed by atoms with Gasteiger partial charge in [-0.3, -0.25) is 0 Å². The fourth-order valence-corrected chi connectivity index (χ4v) is 2.71. The van der Waals surface area contributed by atoms with E-state index in [0.29, 0.717) is 6.04 Å². The Morgan fingerprint density at radius 2 is 1.85 bits per heavy atom. The van der Waals surface area contributed by atoms with Crippen molar-refractivity contribution in [3.05, 3.63) is 58.9 Å². The van der Waals surface area contributed by atoms with E-state index in [4.69, 9.17) is 0 Å². The minimum absolute atomic E-state index is 0.445. The Morgan fingerprint density at radius 3 is 2.40 bits per heavy atom. The van der Waals surface area contributed by atoms with Crippen molar-refractivity contribution in [3.63, 3.8) is 0 Å². The zero-order valence-electron chi connectivity index (χ0n) is 13.1. The molecule has 2 nitrogen and oxygen atoms in total. The Balaban J connectivity index is 2.08. The predicted octanol–water partition coefficient (Wildman–Crippen LogP) is 4.27. The van der Waals surface area contributed by atoms with Crippen molar-refractivity contribution in [1.82, 2.24) is 9.88 Å². The quantitative estimate of drug-likeness (QED) is 0.829. The van der Waals surface area contributed by atoms with Gasteiger partial charge in [0.25, 0.3) is 0 Å². The van der Waals surface area contributed by atoms with Gasteiger partial charge in [-0.05, 0) is 37.5 Å². The molecule has 1 unspecified atom stereocenters. The molecule has 1 aromatic carbocycles. The molecule has 108 valence electrons. The Hall–Kier alpha value is -1.54. The average molecular weight is 270 g/mol. The van der Waals surface area contributed by atoms with Gasteiger partial charge in [-0.25, -0.2) is 0 Å². The van der Waals surface area contributed by atoms with Crippen LogP contribution in [0.3, 0.4) is 0 Å². The Kier molecular flexibility index (Phi) is 5.02. The van der Waals surface area contributed by atoms with Gasteiger partial charge in [0.05, 0.1) is 0 Å². The number of hydrogen-bond donors (Lipinski definition) is 1. The summed E-state index contributed by atoms with van der Waals surface area (Å²) in [7, 11) is 2.13. The van der Waals surface area contributed by atoms with Crippen molar-refractivity contribution in [2.24, 2.45) is 7.05 Å². The fraction of sp³-hybridized carbons (Fsp3) is 0.444. The van der Waals surface area contributed by atoms with Crippen molar-refractivity contribution in [2.45, 2.75) is 46.2 Å². The van der Waals surface area contributed by atoms with Crippen LogP contribution in [0.15, 0.2) is 36.4 Å². The molecule has 0 fully saturated rings. The Bertz CT molecular complexity index is 540. The van der Waals surface area contributed by atoms with Crippen LogP contribution in [-0.4, -0.2) is 4.57 Å². The monoisotopic (exact) mass is 270 g/mol. The first-order chi connectivity index (χ1) is 9.63. The molecular weight excluding hydrogens is 244 g/mol. The number of benzene rings is 1. The van der Waals surface area contributed by atoms with Crippen LogP contribution in [0.4, 0.5) is 0 Å². The molecule has 0 aliphatic heterocycles. The molecule has 0 bridgehead atoms. The second-order valence-electron chi connectivity index (χ2n) is 5.59. The zero-order chi connectivity index (χ0) is 14.5. The molecule has 1 atom stereocenters. The molecular formula is C18H26N2. The van der Waals surface area contributed by atoms with Gasteiger partial charge in [0.2, 0.25) is 0 Å². The number of nitrogens with one attached hydrogen (secondary N) is 1. The van der Waals surface area contributed by atoms with Crippen molar-refractivity contribution >= 4 is 0 Å². The van der Waals surface area contributed by atoms with Gasteiger partial charge < -0.3 is 9.88 Å². The first kappa shape index (κ1) is 14.9. The van der Waals surface area contributed by atoms with E-state index in [0.717, 1.165) is 6.54 Å². The zero-order valence-corrected chi connectivity index (χ0v) is 13.1. The fourth-order valence-electron chi connectivity index (χ4n) is 2.71. The van der Waals surface area contributed by atoms with Crippen molar-refractivity contribution in [2.75, 3.05) is 0 Å². The summed E-state index contributed by atoms with van der Waals surface area (Å²) in [4.78, 5) is 0. The number of aromatic nitrogens is 1. The molecule has 2 aromatic rings. The molecule has 1 heterocycles. The van der Waals surface area contributed by atoms with Crippen LogP contribution in [0.5, 0.6) is 0 Å². The van der Waals surface area contributed by atoms with Gasteiger partial charge in [-0.2, -0.15) is 0 Å². The summed E-state index contributed by atoms with van der Waals surface area (Å²) in [6, 6.07) is 13.5. The molecule has 0 radical (unpaired) electrons. The molecule has 1 N–H and O–H groups in total.